The van der Waals surface area contributed by atoms with Gasteiger partial charge in [0.15, 0.2) is 0 Å². The molecule has 1 aliphatic rings. The molecule has 1 aliphatic carbocycles. The molecule has 1 unspecified atom stereocenters. The molecule has 1 aromatic rings. The molecule has 0 saturated heterocycles. The summed E-state index contributed by atoms with van der Waals surface area (Å²) >= 11 is 0. The standard InChI is InChI=1S/C17H25N3O2.ClH/c1-11(2)16(18)17(22)20-10-15(21)19-9-13-8-7-12-5-3-4-6-14(12)13;/h3-6,11,13,16H,7-10,18H2,1-2H3,(H,19,21)(H,20,22);1H/t13?,16-;/m0./s1. The van der Waals surface area contributed by atoms with Gasteiger partial charge < -0.3 is 16.4 Å². The second-order valence-electron chi connectivity index (χ2n) is 6.23. The van der Waals surface area contributed by atoms with Crippen LogP contribution < -0.4 is 16.4 Å². The predicted molar refractivity (Wildman–Crippen MR) is 93.6 cm³/mol. The van der Waals surface area contributed by atoms with E-state index < -0.39 is 6.04 Å². The van der Waals surface area contributed by atoms with Crippen LogP contribution in [-0.4, -0.2) is 30.9 Å². The van der Waals surface area contributed by atoms with Crippen LogP contribution in [0.25, 0.3) is 0 Å². The lowest BCUT2D eigenvalue weighted by Crippen LogP contribution is -2.47. The summed E-state index contributed by atoms with van der Waals surface area (Å²) in [5.41, 5.74) is 8.43. The van der Waals surface area contributed by atoms with E-state index in [9.17, 15) is 9.59 Å². The SMILES string of the molecule is CC(C)[C@H](N)C(=O)NCC(=O)NCC1CCc2ccccc21.Cl. The smallest absolute Gasteiger partial charge is 0.239 e. The van der Waals surface area contributed by atoms with Gasteiger partial charge in [0.25, 0.3) is 0 Å². The summed E-state index contributed by atoms with van der Waals surface area (Å²) in [6.45, 7) is 4.35. The Hall–Kier alpha value is -1.59. The summed E-state index contributed by atoms with van der Waals surface area (Å²) in [5, 5.41) is 5.48. The quantitative estimate of drug-likeness (QED) is 0.731. The molecule has 0 aromatic heterocycles. The van der Waals surface area contributed by atoms with Gasteiger partial charge in [-0.05, 0) is 29.9 Å². The normalized spacial score (nSPS) is 17.1. The highest BCUT2D eigenvalue weighted by atomic mass is 35.5. The zero-order valence-electron chi connectivity index (χ0n) is 13.7. The lowest BCUT2D eigenvalue weighted by atomic mass is 10.0. The summed E-state index contributed by atoms with van der Waals surface area (Å²) in [5.74, 6) is -0.0307. The van der Waals surface area contributed by atoms with Crippen LogP contribution >= 0.6 is 12.4 Å². The highest BCUT2D eigenvalue weighted by Gasteiger charge is 2.22. The number of carbonyl (C=O) groups excluding carboxylic acids is 2. The van der Waals surface area contributed by atoms with Gasteiger partial charge in [-0.3, -0.25) is 9.59 Å². The highest BCUT2D eigenvalue weighted by molar-refractivity contribution is 5.87. The molecule has 0 radical (unpaired) electrons. The fourth-order valence-electron chi connectivity index (χ4n) is 2.74. The van der Waals surface area contributed by atoms with Crippen LogP contribution in [-0.2, 0) is 16.0 Å². The fraction of sp³-hybridized carbons (Fsp3) is 0.529. The van der Waals surface area contributed by atoms with Crippen molar-refractivity contribution in [3.8, 4) is 0 Å². The van der Waals surface area contributed by atoms with Crippen molar-refractivity contribution < 1.29 is 9.59 Å². The number of halogens is 1. The Labute approximate surface area is 143 Å². The second kappa shape index (κ2) is 8.89. The lowest BCUT2D eigenvalue weighted by Gasteiger charge is -2.16. The molecule has 2 amide bonds. The van der Waals surface area contributed by atoms with Crippen molar-refractivity contribution in [2.75, 3.05) is 13.1 Å². The van der Waals surface area contributed by atoms with E-state index in [4.69, 9.17) is 5.73 Å². The third kappa shape index (κ3) is 5.22. The molecule has 2 atom stereocenters. The molecule has 128 valence electrons. The Balaban J connectivity index is 0.00000264. The van der Waals surface area contributed by atoms with Crippen molar-refractivity contribution in [3.05, 3.63) is 35.4 Å². The van der Waals surface area contributed by atoms with E-state index in [2.05, 4.69) is 22.8 Å². The number of rotatable bonds is 6. The Bertz CT molecular complexity index is 548. The molecule has 5 nitrogen and oxygen atoms in total. The molecular weight excluding hydrogens is 314 g/mol. The van der Waals surface area contributed by atoms with Crippen molar-refractivity contribution >= 4 is 24.2 Å². The average molecular weight is 340 g/mol. The van der Waals surface area contributed by atoms with E-state index in [1.807, 2.05) is 26.0 Å². The Morgan fingerprint density at radius 3 is 2.65 bits per heavy atom. The van der Waals surface area contributed by atoms with Gasteiger partial charge >= 0.3 is 0 Å². The van der Waals surface area contributed by atoms with Crippen LogP contribution in [0.5, 0.6) is 0 Å². The molecule has 0 aliphatic heterocycles. The van der Waals surface area contributed by atoms with Gasteiger partial charge in [0, 0.05) is 12.5 Å². The number of nitrogens with two attached hydrogens (primary N) is 1. The van der Waals surface area contributed by atoms with Crippen LogP contribution in [0.2, 0.25) is 0 Å². The first-order valence-electron chi connectivity index (χ1n) is 7.87. The topological polar surface area (TPSA) is 84.2 Å². The Kier molecular flexibility index (Phi) is 7.52. The van der Waals surface area contributed by atoms with Crippen LogP contribution in [0, 0.1) is 5.92 Å². The summed E-state index contributed by atoms with van der Waals surface area (Å²) < 4.78 is 0. The van der Waals surface area contributed by atoms with Gasteiger partial charge in [-0.15, -0.1) is 12.4 Å². The third-order valence-electron chi connectivity index (χ3n) is 4.25. The first kappa shape index (κ1) is 19.5. The molecule has 6 heteroatoms. The molecule has 23 heavy (non-hydrogen) atoms. The van der Waals surface area contributed by atoms with E-state index in [0.717, 1.165) is 12.8 Å². The maximum Gasteiger partial charge on any atom is 0.239 e. The van der Waals surface area contributed by atoms with Crippen molar-refractivity contribution in [1.29, 1.82) is 0 Å². The molecule has 4 N–H and O–H groups in total. The molecule has 0 spiro atoms. The van der Waals surface area contributed by atoms with E-state index in [1.54, 1.807) is 0 Å². The van der Waals surface area contributed by atoms with Crippen LogP contribution in [0.1, 0.15) is 37.3 Å². The van der Waals surface area contributed by atoms with Crippen molar-refractivity contribution in [3.63, 3.8) is 0 Å². The molecule has 0 fully saturated rings. The minimum atomic E-state index is -0.575. The van der Waals surface area contributed by atoms with Gasteiger partial charge in [0.2, 0.25) is 11.8 Å². The second-order valence-corrected chi connectivity index (χ2v) is 6.23. The third-order valence-corrected chi connectivity index (χ3v) is 4.25. The molecule has 2 rings (SSSR count). The average Bonchev–Trinajstić information content (AvgIpc) is 2.93. The number of fused-ring (bicyclic) bond motifs is 1. The van der Waals surface area contributed by atoms with Crippen LogP contribution in [0.15, 0.2) is 24.3 Å². The maximum absolute atomic E-state index is 11.8. The monoisotopic (exact) mass is 339 g/mol. The molecule has 0 heterocycles. The van der Waals surface area contributed by atoms with E-state index in [1.165, 1.54) is 11.1 Å². The van der Waals surface area contributed by atoms with Gasteiger partial charge in [-0.2, -0.15) is 0 Å². The first-order valence-corrected chi connectivity index (χ1v) is 7.87. The summed E-state index contributed by atoms with van der Waals surface area (Å²) in [6.07, 6.45) is 2.13. The highest BCUT2D eigenvalue weighted by Crippen LogP contribution is 2.31. The van der Waals surface area contributed by atoms with E-state index >= 15 is 0 Å². The molecule has 0 saturated carbocycles. The predicted octanol–water partition coefficient (Wildman–Crippen LogP) is 1.35. The fourth-order valence-corrected chi connectivity index (χ4v) is 2.74. The maximum atomic E-state index is 11.8. The number of aryl methyl sites for hydroxylation is 1. The summed E-state index contributed by atoms with van der Waals surface area (Å²) in [4.78, 5) is 23.5. The lowest BCUT2D eigenvalue weighted by molar-refractivity contribution is -0.127. The number of amides is 2. The zero-order valence-corrected chi connectivity index (χ0v) is 14.5. The van der Waals surface area contributed by atoms with Gasteiger partial charge in [0.1, 0.15) is 0 Å². The Morgan fingerprint density at radius 1 is 1.26 bits per heavy atom. The number of hydrogen-bond acceptors (Lipinski definition) is 3. The number of carbonyl (C=O) groups is 2. The number of hydrogen-bond donors (Lipinski definition) is 3. The summed E-state index contributed by atoms with van der Waals surface area (Å²) in [7, 11) is 0. The first-order chi connectivity index (χ1) is 10.5. The minimum absolute atomic E-state index is 0. The van der Waals surface area contributed by atoms with Gasteiger partial charge in [-0.1, -0.05) is 38.1 Å². The van der Waals surface area contributed by atoms with Gasteiger partial charge in [-0.25, -0.2) is 0 Å². The summed E-state index contributed by atoms with van der Waals surface area (Å²) in [6, 6.07) is 7.78. The van der Waals surface area contributed by atoms with E-state index in [-0.39, 0.29) is 36.7 Å². The van der Waals surface area contributed by atoms with Crippen LogP contribution in [0.4, 0.5) is 0 Å². The minimum Gasteiger partial charge on any atom is -0.354 e. The molecule has 1 aromatic carbocycles. The zero-order chi connectivity index (χ0) is 16.1. The Morgan fingerprint density at radius 2 is 1.96 bits per heavy atom. The van der Waals surface area contributed by atoms with Crippen molar-refractivity contribution in [2.45, 2.75) is 38.6 Å². The molecule has 0 bridgehead atoms. The van der Waals surface area contributed by atoms with E-state index in [0.29, 0.717) is 12.5 Å². The number of nitrogens with one attached hydrogen (secondary N) is 2. The van der Waals surface area contributed by atoms with Crippen LogP contribution in [0.3, 0.4) is 0 Å². The largest absolute Gasteiger partial charge is 0.354 e. The van der Waals surface area contributed by atoms with Gasteiger partial charge in [0.05, 0.1) is 12.6 Å². The van der Waals surface area contributed by atoms with Crippen molar-refractivity contribution in [2.24, 2.45) is 11.7 Å². The van der Waals surface area contributed by atoms with Crippen molar-refractivity contribution in [1.82, 2.24) is 10.6 Å². The number of benzene rings is 1. The molecular formula is C17H26ClN3O2.